The molecule has 1 aromatic heterocycles. The van der Waals surface area contributed by atoms with Crippen molar-refractivity contribution < 1.29 is 14.7 Å². The van der Waals surface area contributed by atoms with E-state index in [0.29, 0.717) is 19.5 Å². The fourth-order valence-corrected chi connectivity index (χ4v) is 2.22. The standard InChI is InChI=1S/C10H15N5O3/c1-5-4-15(3-2-6(5)9(17)18)8(16)7-12-10(11)14-13-7/h5-6H,2-4H2,1H3,(H,17,18)(H3,11,12,13,14). The number of carboxylic acid groups (broad SMARTS) is 1. The number of hydrogen-bond donors (Lipinski definition) is 3. The van der Waals surface area contributed by atoms with Crippen molar-refractivity contribution in [2.75, 3.05) is 18.8 Å². The first-order valence-electron chi connectivity index (χ1n) is 5.69. The van der Waals surface area contributed by atoms with Gasteiger partial charge in [-0.25, -0.2) is 0 Å². The van der Waals surface area contributed by atoms with Crippen LogP contribution in [0.4, 0.5) is 5.95 Å². The second-order valence-corrected chi connectivity index (χ2v) is 4.50. The van der Waals surface area contributed by atoms with Crippen molar-refractivity contribution in [3.63, 3.8) is 0 Å². The number of nitrogens with zero attached hydrogens (tertiary/aromatic N) is 3. The molecule has 0 bridgehead atoms. The molecule has 0 spiro atoms. The number of hydrogen-bond acceptors (Lipinski definition) is 5. The Bertz CT molecular complexity index is 472. The summed E-state index contributed by atoms with van der Waals surface area (Å²) in [5, 5.41) is 15.1. The first-order chi connectivity index (χ1) is 8.49. The summed E-state index contributed by atoms with van der Waals surface area (Å²) in [4.78, 5) is 28.3. The molecule has 98 valence electrons. The van der Waals surface area contributed by atoms with Crippen LogP contribution in [-0.4, -0.2) is 50.2 Å². The van der Waals surface area contributed by atoms with Crippen LogP contribution in [0.2, 0.25) is 0 Å². The first-order valence-corrected chi connectivity index (χ1v) is 5.69. The Morgan fingerprint density at radius 2 is 2.28 bits per heavy atom. The lowest BCUT2D eigenvalue weighted by Crippen LogP contribution is -2.45. The average molecular weight is 253 g/mol. The van der Waals surface area contributed by atoms with Crippen LogP contribution in [0.3, 0.4) is 0 Å². The van der Waals surface area contributed by atoms with E-state index in [4.69, 9.17) is 10.8 Å². The van der Waals surface area contributed by atoms with Crippen LogP contribution in [0.5, 0.6) is 0 Å². The van der Waals surface area contributed by atoms with Gasteiger partial charge in [-0.3, -0.25) is 14.7 Å². The van der Waals surface area contributed by atoms with Crippen LogP contribution in [0, 0.1) is 11.8 Å². The quantitative estimate of drug-likeness (QED) is 0.656. The average Bonchev–Trinajstić information content (AvgIpc) is 2.74. The van der Waals surface area contributed by atoms with Crippen molar-refractivity contribution in [3.05, 3.63) is 5.82 Å². The predicted molar refractivity (Wildman–Crippen MR) is 61.6 cm³/mol. The summed E-state index contributed by atoms with van der Waals surface area (Å²) < 4.78 is 0. The Labute approximate surface area is 103 Å². The highest BCUT2D eigenvalue weighted by Crippen LogP contribution is 2.24. The monoisotopic (exact) mass is 253 g/mol. The van der Waals surface area contributed by atoms with Crippen molar-refractivity contribution in [1.29, 1.82) is 0 Å². The van der Waals surface area contributed by atoms with Crippen molar-refractivity contribution in [2.45, 2.75) is 13.3 Å². The predicted octanol–water partition coefficient (Wildman–Crippen LogP) is -0.430. The summed E-state index contributed by atoms with van der Waals surface area (Å²) in [6.45, 7) is 2.63. The molecule has 1 amide bonds. The highest BCUT2D eigenvalue weighted by Gasteiger charge is 2.34. The molecule has 1 fully saturated rings. The number of likely N-dealkylation sites (tertiary alicyclic amines) is 1. The topological polar surface area (TPSA) is 125 Å². The molecule has 18 heavy (non-hydrogen) atoms. The number of rotatable bonds is 2. The van der Waals surface area contributed by atoms with Gasteiger partial charge >= 0.3 is 5.97 Å². The van der Waals surface area contributed by atoms with E-state index in [-0.39, 0.29) is 23.6 Å². The maximum Gasteiger partial charge on any atom is 0.306 e. The van der Waals surface area contributed by atoms with Crippen molar-refractivity contribution in [1.82, 2.24) is 20.1 Å². The first kappa shape index (κ1) is 12.3. The number of aromatic amines is 1. The smallest absolute Gasteiger partial charge is 0.306 e. The molecular weight excluding hydrogens is 238 g/mol. The van der Waals surface area contributed by atoms with Gasteiger partial charge in [-0.2, -0.15) is 4.98 Å². The third-order valence-electron chi connectivity index (χ3n) is 3.21. The highest BCUT2D eigenvalue weighted by atomic mass is 16.4. The molecule has 2 rings (SSSR count). The van der Waals surface area contributed by atoms with Crippen LogP contribution >= 0.6 is 0 Å². The van der Waals surface area contributed by atoms with Crippen molar-refractivity contribution in [2.24, 2.45) is 11.8 Å². The zero-order chi connectivity index (χ0) is 13.3. The number of carbonyl (C=O) groups is 2. The Morgan fingerprint density at radius 3 is 2.78 bits per heavy atom. The molecule has 0 saturated carbocycles. The molecule has 0 aromatic carbocycles. The van der Waals surface area contributed by atoms with Gasteiger partial charge in [0.2, 0.25) is 11.8 Å². The van der Waals surface area contributed by atoms with Crippen molar-refractivity contribution in [3.8, 4) is 0 Å². The number of aromatic nitrogens is 3. The SMILES string of the molecule is CC1CN(C(=O)c2nc(N)n[nH]2)CCC1C(=O)O. The molecule has 1 aliphatic rings. The van der Waals surface area contributed by atoms with Gasteiger partial charge in [0.25, 0.3) is 5.91 Å². The van der Waals surface area contributed by atoms with Gasteiger partial charge in [-0.05, 0) is 12.3 Å². The van der Waals surface area contributed by atoms with E-state index in [2.05, 4.69) is 15.2 Å². The lowest BCUT2D eigenvalue weighted by atomic mass is 9.87. The molecule has 1 aliphatic heterocycles. The van der Waals surface area contributed by atoms with Crippen LogP contribution in [0.1, 0.15) is 24.0 Å². The summed E-state index contributed by atoms with van der Waals surface area (Å²) in [6.07, 6.45) is 0.450. The van der Waals surface area contributed by atoms with Gasteiger partial charge in [0.1, 0.15) is 0 Å². The number of amides is 1. The van der Waals surface area contributed by atoms with Crippen LogP contribution in [-0.2, 0) is 4.79 Å². The van der Waals surface area contributed by atoms with E-state index in [1.165, 1.54) is 0 Å². The third-order valence-corrected chi connectivity index (χ3v) is 3.21. The van der Waals surface area contributed by atoms with Crippen LogP contribution < -0.4 is 5.73 Å². The largest absolute Gasteiger partial charge is 0.481 e. The molecule has 0 radical (unpaired) electrons. The minimum absolute atomic E-state index is 0.0202. The second kappa shape index (κ2) is 4.63. The molecular formula is C10H15N5O3. The minimum Gasteiger partial charge on any atom is -0.481 e. The molecule has 8 nitrogen and oxygen atoms in total. The van der Waals surface area contributed by atoms with Gasteiger partial charge < -0.3 is 15.7 Å². The van der Waals surface area contributed by atoms with E-state index < -0.39 is 11.9 Å². The summed E-state index contributed by atoms with van der Waals surface area (Å²) in [5.74, 6) is -1.47. The van der Waals surface area contributed by atoms with Crippen molar-refractivity contribution >= 4 is 17.8 Å². The summed E-state index contributed by atoms with van der Waals surface area (Å²) >= 11 is 0. The number of carboxylic acids is 1. The molecule has 1 aromatic rings. The van der Waals surface area contributed by atoms with Gasteiger partial charge in [0, 0.05) is 13.1 Å². The Kier molecular flexibility index (Phi) is 3.17. The Balaban J connectivity index is 2.04. The molecule has 8 heteroatoms. The maximum atomic E-state index is 12.0. The highest BCUT2D eigenvalue weighted by molar-refractivity contribution is 5.90. The second-order valence-electron chi connectivity index (χ2n) is 4.50. The fourth-order valence-electron chi connectivity index (χ4n) is 2.22. The minimum atomic E-state index is -0.807. The fraction of sp³-hybridized carbons (Fsp3) is 0.600. The lowest BCUT2D eigenvalue weighted by molar-refractivity contribution is -0.145. The van der Waals surface area contributed by atoms with E-state index >= 15 is 0 Å². The molecule has 4 N–H and O–H groups in total. The maximum absolute atomic E-state index is 12.0. The molecule has 2 heterocycles. The molecule has 2 atom stereocenters. The summed E-state index contributed by atoms with van der Waals surface area (Å²) in [6, 6.07) is 0. The number of nitrogen functional groups attached to an aromatic ring is 1. The van der Waals surface area contributed by atoms with Gasteiger partial charge in [0.15, 0.2) is 0 Å². The van der Waals surface area contributed by atoms with Crippen LogP contribution in [0.25, 0.3) is 0 Å². The van der Waals surface area contributed by atoms with Gasteiger partial charge in [-0.15, -0.1) is 5.10 Å². The molecule has 1 saturated heterocycles. The number of aliphatic carboxylic acids is 1. The number of anilines is 1. The number of H-pyrrole nitrogens is 1. The third kappa shape index (κ3) is 2.27. The number of nitrogens with two attached hydrogens (primary N) is 1. The van der Waals surface area contributed by atoms with E-state index in [0.717, 1.165) is 0 Å². The zero-order valence-electron chi connectivity index (χ0n) is 9.96. The van der Waals surface area contributed by atoms with Crippen LogP contribution in [0.15, 0.2) is 0 Å². The van der Waals surface area contributed by atoms with E-state index in [1.807, 2.05) is 6.92 Å². The molecule has 2 unspecified atom stereocenters. The molecule has 0 aliphatic carbocycles. The summed E-state index contributed by atoms with van der Waals surface area (Å²) in [5.41, 5.74) is 5.33. The Hall–Kier alpha value is -2.12. The zero-order valence-corrected chi connectivity index (χ0v) is 9.96. The van der Waals surface area contributed by atoms with E-state index in [1.54, 1.807) is 4.90 Å². The number of piperidine rings is 1. The lowest BCUT2D eigenvalue weighted by Gasteiger charge is -2.34. The normalized spacial score (nSPS) is 23.9. The summed E-state index contributed by atoms with van der Waals surface area (Å²) in [7, 11) is 0. The van der Waals surface area contributed by atoms with E-state index in [9.17, 15) is 9.59 Å². The van der Waals surface area contributed by atoms with Gasteiger partial charge in [0.05, 0.1) is 5.92 Å². The van der Waals surface area contributed by atoms with Gasteiger partial charge in [-0.1, -0.05) is 6.92 Å². The number of carbonyl (C=O) groups excluding carboxylic acids is 1. The number of nitrogens with one attached hydrogen (secondary N) is 1. The Morgan fingerprint density at radius 1 is 1.56 bits per heavy atom.